The van der Waals surface area contributed by atoms with Gasteiger partial charge >= 0.3 is 0 Å². The molecule has 0 heterocycles. The lowest BCUT2D eigenvalue weighted by Gasteiger charge is -2.21. The number of benzene rings is 1. The van der Waals surface area contributed by atoms with Gasteiger partial charge in [0.15, 0.2) is 5.11 Å². The smallest absolute Gasteiger partial charge is 0.253 e. The van der Waals surface area contributed by atoms with Crippen LogP contribution >= 0.6 is 12.2 Å². The van der Waals surface area contributed by atoms with Crippen LogP contribution in [0.3, 0.4) is 0 Å². The van der Waals surface area contributed by atoms with Crippen molar-refractivity contribution in [2.75, 3.05) is 11.9 Å². The predicted octanol–water partition coefficient (Wildman–Crippen LogP) is 4.00. The maximum Gasteiger partial charge on any atom is 0.253 e. The van der Waals surface area contributed by atoms with E-state index in [0.717, 1.165) is 12.8 Å². The number of anilines is 1. The molecule has 1 aromatic rings. The minimum atomic E-state index is -0.152. The second kappa shape index (κ2) is 10.9. The molecule has 1 aliphatic carbocycles. The average molecular weight is 376 g/mol. The van der Waals surface area contributed by atoms with Crippen LogP contribution in [0, 0.1) is 5.92 Å². The van der Waals surface area contributed by atoms with Gasteiger partial charge in [-0.3, -0.25) is 9.59 Å². The van der Waals surface area contributed by atoms with Crippen molar-refractivity contribution >= 4 is 34.8 Å². The minimum absolute atomic E-state index is 0.0685. The van der Waals surface area contributed by atoms with Crippen LogP contribution in [-0.4, -0.2) is 23.5 Å². The third-order valence-electron chi connectivity index (χ3n) is 4.71. The Hall–Kier alpha value is -1.95. The fourth-order valence-corrected chi connectivity index (χ4v) is 3.50. The van der Waals surface area contributed by atoms with Crippen molar-refractivity contribution in [3.05, 3.63) is 29.8 Å². The number of carbonyl (C=O) groups is 2. The van der Waals surface area contributed by atoms with Crippen LogP contribution in [0.5, 0.6) is 0 Å². The molecular weight excluding hydrogens is 346 g/mol. The van der Waals surface area contributed by atoms with Crippen LogP contribution in [0.1, 0.15) is 68.6 Å². The first-order chi connectivity index (χ1) is 12.6. The van der Waals surface area contributed by atoms with E-state index >= 15 is 0 Å². The van der Waals surface area contributed by atoms with E-state index in [9.17, 15) is 9.59 Å². The highest BCUT2D eigenvalue weighted by molar-refractivity contribution is 7.80. The largest absolute Gasteiger partial charge is 0.352 e. The molecule has 0 atom stereocenters. The molecule has 0 aromatic heterocycles. The summed E-state index contributed by atoms with van der Waals surface area (Å²) in [5.74, 6) is 0.446. The molecule has 1 fully saturated rings. The maximum absolute atomic E-state index is 12.2. The van der Waals surface area contributed by atoms with E-state index in [2.05, 4.69) is 16.0 Å². The Morgan fingerprint density at radius 2 is 1.88 bits per heavy atom. The Kier molecular flexibility index (Phi) is 8.54. The first-order valence-corrected chi connectivity index (χ1v) is 9.99. The van der Waals surface area contributed by atoms with Crippen molar-refractivity contribution in [2.24, 2.45) is 5.92 Å². The standard InChI is InChI=1S/C20H29N3O2S/c1-2-14-21-19(25)16-10-6-7-11-17(16)22-20(26)23-18(24)13-12-15-8-4-3-5-9-15/h6-7,10-11,15H,2-5,8-9,12-14H2,1H3,(H,21,25)(H2,22,23,24,26). The zero-order chi connectivity index (χ0) is 18.8. The summed E-state index contributed by atoms with van der Waals surface area (Å²) in [7, 11) is 0. The number of nitrogens with one attached hydrogen (secondary N) is 3. The van der Waals surface area contributed by atoms with Gasteiger partial charge in [0.05, 0.1) is 11.3 Å². The molecule has 1 aliphatic rings. The number of para-hydroxylation sites is 1. The number of amides is 2. The van der Waals surface area contributed by atoms with E-state index in [0.29, 0.717) is 30.1 Å². The maximum atomic E-state index is 12.2. The topological polar surface area (TPSA) is 70.2 Å². The summed E-state index contributed by atoms with van der Waals surface area (Å²) in [4.78, 5) is 24.4. The van der Waals surface area contributed by atoms with Gasteiger partial charge in [-0.2, -0.15) is 0 Å². The first-order valence-electron chi connectivity index (χ1n) is 9.58. The second-order valence-corrected chi connectivity index (χ2v) is 7.25. The molecule has 0 unspecified atom stereocenters. The summed E-state index contributed by atoms with van der Waals surface area (Å²) in [6, 6.07) is 7.15. The SMILES string of the molecule is CCCNC(=O)c1ccccc1NC(=S)NC(=O)CCC1CCCCC1. The van der Waals surface area contributed by atoms with Gasteiger partial charge in [0.2, 0.25) is 5.91 Å². The van der Waals surface area contributed by atoms with Crippen molar-refractivity contribution in [1.82, 2.24) is 10.6 Å². The minimum Gasteiger partial charge on any atom is -0.352 e. The Labute approximate surface area is 161 Å². The van der Waals surface area contributed by atoms with Crippen LogP contribution in [0.4, 0.5) is 5.69 Å². The summed E-state index contributed by atoms with van der Waals surface area (Å²) in [5, 5.41) is 8.78. The summed E-state index contributed by atoms with van der Waals surface area (Å²) in [6.07, 6.45) is 8.63. The summed E-state index contributed by atoms with van der Waals surface area (Å²) >= 11 is 5.24. The number of thiocarbonyl (C=S) groups is 1. The molecule has 26 heavy (non-hydrogen) atoms. The van der Waals surface area contributed by atoms with Crippen LogP contribution in [0.15, 0.2) is 24.3 Å². The van der Waals surface area contributed by atoms with E-state index < -0.39 is 0 Å². The summed E-state index contributed by atoms with van der Waals surface area (Å²) in [5.41, 5.74) is 1.11. The van der Waals surface area contributed by atoms with Gasteiger partial charge in [0, 0.05) is 13.0 Å². The van der Waals surface area contributed by atoms with E-state index in [4.69, 9.17) is 12.2 Å². The van der Waals surface area contributed by atoms with E-state index in [-0.39, 0.29) is 16.9 Å². The highest BCUT2D eigenvalue weighted by Gasteiger charge is 2.16. The molecular formula is C20H29N3O2S. The molecule has 2 amide bonds. The molecule has 0 bridgehead atoms. The van der Waals surface area contributed by atoms with Gasteiger partial charge < -0.3 is 16.0 Å². The van der Waals surface area contributed by atoms with Crippen molar-refractivity contribution in [2.45, 2.75) is 58.3 Å². The fraction of sp³-hybridized carbons (Fsp3) is 0.550. The van der Waals surface area contributed by atoms with Gasteiger partial charge in [0.25, 0.3) is 5.91 Å². The van der Waals surface area contributed by atoms with Crippen molar-refractivity contribution in [3.8, 4) is 0 Å². The number of carbonyl (C=O) groups excluding carboxylic acids is 2. The molecule has 0 radical (unpaired) electrons. The van der Waals surface area contributed by atoms with Crippen LogP contribution in [-0.2, 0) is 4.79 Å². The molecule has 1 saturated carbocycles. The Balaban J connectivity index is 1.83. The number of rotatable bonds is 7. The summed E-state index contributed by atoms with van der Waals surface area (Å²) in [6.45, 7) is 2.62. The third-order valence-corrected chi connectivity index (χ3v) is 4.92. The molecule has 142 valence electrons. The quantitative estimate of drug-likeness (QED) is 0.630. The van der Waals surface area contributed by atoms with Gasteiger partial charge in [-0.25, -0.2) is 0 Å². The Bertz CT molecular complexity index is 627. The van der Waals surface area contributed by atoms with E-state index in [1.807, 2.05) is 13.0 Å². The van der Waals surface area contributed by atoms with Crippen molar-refractivity contribution < 1.29 is 9.59 Å². The predicted molar refractivity (Wildman–Crippen MR) is 109 cm³/mol. The zero-order valence-corrected chi connectivity index (χ0v) is 16.3. The van der Waals surface area contributed by atoms with Crippen LogP contribution < -0.4 is 16.0 Å². The average Bonchev–Trinajstić information content (AvgIpc) is 2.65. The lowest BCUT2D eigenvalue weighted by molar-refractivity contribution is -0.120. The van der Waals surface area contributed by atoms with Gasteiger partial charge in [-0.05, 0) is 43.1 Å². The van der Waals surface area contributed by atoms with Crippen LogP contribution in [0.25, 0.3) is 0 Å². The molecule has 5 nitrogen and oxygen atoms in total. The van der Waals surface area contributed by atoms with Gasteiger partial charge in [0.1, 0.15) is 0 Å². The van der Waals surface area contributed by atoms with E-state index in [1.165, 1.54) is 32.1 Å². The van der Waals surface area contributed by atoms with Gasteiger partial charge in [-0.15, -0.1) is 0 Å². The number of hydrogen-bond donors (Lipinski definition) is 3. The molecule has 0 saturated heterocycles. The Morgan fingerprint density at radius 1 is 1.15 bits per heavy atom. The summed E-state index contributed by atoms with van der Waals surface area (Å²) < 4.78 is 0. The lowest BCUT2D eigenvalue weighted by Crippen LogP contribution is -2.35. The fourth-order valence-electron chi connectivity index (χ4n) is 3.28. The third kappa shape index (κ3) is 6.75. The van der Waals surface area contributed by atoms with Crippen molar-refractivity contribution in [1.29, 1.82) is 0 Å². The van der Waals surface area contributed by atoms with Gasteiger partial charge in [-0.1, -0.05) is 51.2 Å². The van der Waals surface area contributed by atoms with Crippen LogP contribution in [0.2, 0.25) is 0 Å². The lowest BCUT2D eigenvalue weighted by atomic mass is 9.86. The number of hydrogen-bond acceptors (Lipinski definition) is 3. The van der Waals surface area contributed by atoms with Crippen molar-refractivity contribution in [3.63, 3.8) is 0 Å². The normalized spacial score (nSPS) is 14.5. The van der Waals surface area contributed by atoms with E-state index in [1.54, 1.807) is 18.2 Å². The molecule has 0 aliphatic heterocycles. The zero-order valence-electron chi connectivity index (χ0n) is 15.5. The highest BCUT2D eigenvalue weighted by atomic mass is 32.1. The Morgan fingerprint density at radius 3 is 2.62 bits per heavy atom. The molecule has 1 aromatic carbocycles. The monoisotopic (exact) mass is 375 g/mol. The molecule has 6 heteroatoms. The molecule has 2 rings (SSSR count). The first kappa shape index (κ1) is 20.4. The molecule has 0 spiro atoms. The second-order valence-electron chi connectivity index (χ2n) is 6.85. The highest BCUT2D eigenvalue weighted by Crippen LogP contribution is 2.27. The molecule has 3 N–H and O–H groups in total.